The lowest BCUT2D eigenvalue weighted by Gasteiger charge is -2.23. The summed E-state index contributed by atoms with van der Waals surface area (Å²) in [6.45, 7) is 3.87. The van der Waals surface area contributed by atoms with Gasteiger partial charge in [0.2, 0.25) is 0 Å². The lowest BCUT2D eigenvalue weighted by molar-refractivity contribution is 0.357. The number of hydrogen-bond acceptors (Lipinski definition) is 1. The second-order valence-corrected chi connectivity index (χ2v) is 5.23. The molecule has 1 aromatic carbocycles. The first-order valence-corrected chi connectivity index (χ1v) is 7.12. The molecule has 0 atom stereocenters. The summed E-state index contributed by atoms with van der Waals surface area (Å²) in [6, 6.07) is 9.46. The minimum atomic E-state index is 0.668. The van der Waals surface area contributed by atoms with E-state index in [-0.39, 0.29) is 0 Å². The van der Waals surface area contributed by atoms with E-state index >= 15 is 0 Å². The van der Waals surface area contributed by atoms with Crippen LogP contribution in [0.25, 0.3) is 0 Å². The quantitative estimate of drug-likeness (QED) is 0.569. The fraction of sp³-hybridized carbons (Fsp3) is 0.316. The van der Waals surface area contributed by atoms with Gasteiger partial charge in [-0.2, -0.15) is 5.26 Å². The number of nitriles is 1. The molecule has 1 saturated carbocycles. The highest BCUT2D eigenvalue weighted by Gasteiger charge is 2.16. The number of hydrogen-bond donors (Lipinski definition) is 0. The van der Waals surface area contributed by atoms with E-state index in [0.717, 1.165) is 5.56 Å². The molecule has 0 aliphatic heterocycles. The molecule has 0 aromatic heterocycles. The predicted octanol–water partition coefficient (Wildman–Crippen LogP) is 4.46. The number of allylic oxidation sites excluding steroid dienone is 3. The van der Waals surface area contributed by atoms with Crippen LogP contribution in [0.15, 0.2) is 49.1 Å². The van der Waals surface area contributed by atoms with Gasteiger partial charge in [0.25, 0.3) is 0 Å². The van der Waals surface area contributed by atoms with E-state index in [1.165, 1.54) is 25.7 Å². The molecule has 1 heteroatoms. The van der Waals surface area contributed by atoms with E-state index < -0.39 is 0 Å². The van der Waals surface area contributed by atoms with E-state index in [0.29, 0.717) is 17.4 Å². The van der Waals surface area contributed by atoms with Crippen LogP contribution < -0.4 is 0 Å². The second kappa shape index (κ2) is 7.37. The average Bonchev–Trinajstić information content (AvgIpc) is 2.53. The van der Waals surface area contributed by atoms with Crippen molar-refractivity contribution in [1.29, 1.82) is 5.26 Å². The maximum Gasteiger partial charge on any atom is 0.0991 e. The largest absolute Gasteiger partial charge is 0.192 e. The maximum absolute atomic E-state index is 8.72. The van der Waals surface area contributed by atoms with Crippen molar-refractivity contribution < 1.29 is 0 Å². The molecule has 20 heavy (non-hydrogen) atoms. The normalized spacial score (nSPS) is 21.8. The summed E-state index contributed by atoms with van der Waals surface area (Å²) in [7, 11) is 0. The Morgan fingerprint density at radius 1 is 1.00 bits per heavy atom. The summed E-state index contributed by atoms with van der Waals surface area (Å²) in [6.07, 6.45) is 11.3. The molecule has 0 unspecified atom stereocenters. The molecule has 0 N–H and O–H groups in total. The summed E-state index contributed by atoms with van der Waals surface area (Å²) >= 11 is 0. The molecule has 0 radical (unpaired) electrons. The fourth-order valence-electron chi connectivity index (χ4n) is 2.51. The Hall–Kier alpha value is -2.25. The van der Waals surface area contributed by atoms with Crippen LogP contribution in [0.2, 0.25) is 0 Å². The highest BCUT2D eigenvalue weighted by Crippen LogP contribution is 2.29. The van der Waals surface area contributed by atoms with Crippen molar-refractivity contribution in [1.82, 2.24) is 0 Å². The highest BCUT2D eigenvalue weighted by molar-refractivity contribution is 5.41. The van der Waals surface area contributed by atoms with Gasteiger partial charge in [-0.1, -0.05) is 24.0 Å². The Bertz CT molecular complexity index is 567. The highest BCUT2D eigenvalue weighted by atomic mass is 14.2. The van der Waals surface area contributed by atoms with Crippen LogP contribution in [0.1, 0.15) is 36.8 Å². The summed E-state index contributed by atoms with van der Waals surface area (Å²) < 4.78 is 0. The first-order chi connectivity index (χ1) is 9.81. The Labute approximate surface area is 121 Å². The molecular weight excluding hydrogens is 242 g/mol. The van der Waals surface area contributed by atoms with Gasteiger partial charge in [0.05, 0.1) is 11.6 Å². The molecular formula is C19H19N. The first kappa shape index (κ1) is 14.2. The van der Waals surface area contributed by atoms with Crippen molar-refractivity contribution in [3.8, 4) is 17.9 Å². The zero-order valence-corrected chi connectivity index (χ0v) is 11.7. The van der Waals surface area contributed by atoms with Gasteiger partial charge in [0.15, 0.2) is 0 Å². The Morgan fingerprint density at radius 2 is 1.60 bits per heavy atom. The summed E-state index contributed by atoms with van der Waals surface area (Å²) in [5.41, 5.74) is 1.62. The van der Waals surface area contributed by atoms with Crippen LogP contribution in [-0.4, -0.2) is 0 Å². The topological polar surface area (TPSA) is 23.8 Å². The molecule has 0 heterocycles. The van der Waals surface area contributed by atoms with Crippen molar-refractivity contribution in [2.45, 2.75) is 25.7 Å². The van der Waals surface area contributed by atoms with Gasteiger partial charge in [0.1, 0.15) is 0 Å². The summed E-state index contributed by atoms with van der Waals surface area (Å²) in [5.74, 6) is 7.55. The Morgan fingerprint density at radius 3 is 2.20 bits per heavy atom. The lowest BCUT2D eigenvalue weighted by atomic mass is 9.82. The van der Waals surface area contributed by atoms with Gasteiger partial charge in [-0.3, -0.25) is 0 Å². The van der Waals surface area contributed by atoms with Gasteiger partial charge >= 0.3 is 0 Å². The van der Waals surface area contributed by atoms with Gasteiger partial charge in [-0.15, -0.1) is 6.58 Å². The molecule has 1 fully saturated rings. The maximum atomic E-state index is 8.72. The molecule has 0 spiro atoms. The van der Waals surface area contributed by atoms with E-state index in [1.807, 2.05) is 18.2 Å². The van der Waals surface area contributed by atoms with Crippen molar-refractivity contribution in [2.24, 2.45) is 11.8 Å². The third-order valence-electron chi connectivity index (χ3n) is 3.83. The molecule has 2 rings (SSSR count). The van der Waals surface area contributed by atoms with Crippen LogP contribution in [0.3, 0.4) is 0 Å². The van der Waals surface area contributed by atoms with Crippen LogP contribution >= 0.6 is 0 Å². The van der Waals surface area contributed by atoms with Crippen molar-refractivity contribution in [2.75, 3.05) is 0 Å². The average molecular weight is 261 g/mol. The predicted molar refractivity (Wildman–Crippen MR) is 82.8 cm³/mol. The van der Waals surface area contributed by atoms with Crippen molar-refractivity contribution >= 4 is 0 Å². The van der Waals surface area contributed by atoms with Crippen LogP contribution in [0.4, 0.5) is 0 Å². The second-order valence-electron chi connectivity index (χ2n) is 5.23. The fourth-order valence-corrected chi connectivity index (χ4v) is 2.51. The van der Waals surface area contributed by atoms with Crippen LogP contribution in [-0.2, 0) is 0 Å². The van der Waals surface area contributed by atoms with Crippen molar-refractivity contribution in [3.63, 3.8) is 0 Å². The minimum absolute atomic E-state index is 0.668. The van der Waals surface area contributed by atoms with Gasteiger partial charge in [-0.05, 0) is 67.9 Å². The molecule has 0 amide bonds. The van der Waals surface area contributed by atoms with Crippen molar-refractivity contribution in [3.05, 3.63) is 60.2 Å². The van der Waals surface area contributed by atoms with E-state index in [9.17, 15) is 0 Å². The number of rotatable bonds is 2. The molecule has 100 valence electrons. The Balaban J connectivity index is 1.86. The third kappa shape index (κ3) is 4.15. The summed E-state index contributed by atoms with van der Waals surface area (Å²) in [5, 5.41) is 8.72. The van der Waals surface area contributed by atoms with E-state index in [2.05, 4.69) is 36.6 Å². The minimum Gasteiger partial charge on any atom is -0.192 e. The van der Waals surface area contributed by atoms with E-state index in [1.54, 1.807) is 12.1 Å². The summed E-state index contributed by atoms with van der Waals surface area (Å²) in [4.78, 5) is 0. The molecule has 1 aromatic rings. The van der Waals surface area contributed by atoms with E-state index in [4.69, 9.17) is 5.26 Å². The third-order valence-corrected chi connectivity index (χ3v) is 3.83. The zero-order valence-electron chi connectivity index (χ0n) is 11.7. The van der Waals surface area contributed by atoms with Gasteiger partial charge in [-0.25, -0.2) is 0 Å². The molecule has 0 bridgehead atoms. The molecule has 1 nitrogen and oxygen atoms in total. The SMILES string of the molecule is C=C[C@H]1CC[C@H](/C=C/C#Cc2ccc(C#N)cc2)CC1. The lowest BCUT2D eigenvalue weighted by Crippen LogP contribution is -2.10. The van der Waals surface area contributed by atoms with Crippen LogP contribution in [0, 0.1) is 35.0 Å². The van der Waals surface area contributed by atoms with Crippen LogP contribution in [0.5, 0.6) is 0 Å². The van der Waals surface area contributed by atoms with Gasteiger partial charge < -0.3 is 0 Å². The first-order valence-electron chi connectivity index (χ1n) is 7.12. The molecule has 1 aliphatic carbocycles. The number of benzene rings is 1. The Kier molecular flexibility index (Phi) is 5.22. The molecule has 1 aliphatic rings. The standard InChI is InChI=1S/C19H19N/c1-2-16-7-9-17(10-8-16)5-3-4-6-18-11-13-19(15-20)14-12-18/h2-3,5,11-14,16-17H,1,7-10H2/b5-3+/t16-,17-. The molecule has 0 saturated heterocycles. The number of nitrogens with zero attached hydrogens (tertiary/aromatic N) is 1. The smallest absolute Gasteiger partial charge is 0.0991 e. The zero-order chi connectivity index (χ0) is 14.2. The monoisotopic (exact) mass is 261 g/mol. The van der Waals surface area contributed by atoms with Gasteiger partial charge in [0, 0.05) is 5.56 Å².